The van der Waals surface area contributed by atoms with Crippen LogP contribution in [0, 0.1) is 0 Å². The Hall–Kier alpha value is -2.48. The van der Waals surface area contributed by atoms with Crippen LogP contribution in [-0.2, 0) is 6.42 Å². The van der Waals surface area contributed by atoms with Crippen LogP contribution in [0.1, 0.15) is 5.56 Å². The van der Waals surface area contributed by atoms with Gasteiger partial charge >= 0.3 is 0 Å². The van der Waals surface area contributed by atoms with E-state index in [-0.39, 0.29) is 0 Å². The lowest BCUT2D eigenvalue weighted by Crippen LogP contribution is -2.12. The van der Waals surface area contributed by atoms with E-state index in [2.05, 4.69) is 77.9 Å². The van der Waals surface area contributed by atoms with Crippen molar-refractivity contribution < 1.29 is 0 Å². The van der Waals surface area contributed by atoms with Crippen molar-refractivity contribution in [1.82, 2.24) is 0 Å². The zero-order valence-electron chi connectivity index (χ0n) is 12.1. The minimum absolute atomic E-state index is 1.12. The van der Waals surface area contributed by atoms with Gasteiger partial charge in [0.2, 0.25) is 0 Å². The minimum atomic E-state index is 1.12. The normalized spacial score (nSPS) is 13.5. The molecular formula is C19H18N2. The third-order valence-corrected chi connectivity index (χ3v) is 4.25. The van der Waals surface area contributed by atoms with Crippen LogP contribution in [0.3, 0.4) is 0 Å². The maximum Gasteiger partial charge on any atom is 0.0398 e. The van der Waals surface area contributed by atoms with Gasteiger partial charge < -0.3 is 10.2 Å². The Morgan fingerprint density at radius 1 is 0.857 bits per heavy atom. The van der Waals surface area contributed by atoms with Crippen molar-refractivity contribution in [2.24, 2.45) is 0 Å². The molecule has 0 aliphatic carbocycles. The smallest absolute Gasteiger partial charge is 0.0398 e. The van der Waals surface area contributed by atoms with Gasteiger partial charge in [-0.3, -0.25) is 0 Å². The van der Waals surface area contributed by atoms with Gasteiger partial charge in [0, 0.05) is 30.7 Å². The maximum absolute atomic E-state index is 3.52. The average Bonchev–Trinajstić information content (AvgIpc) is 2.88. The molecule has 0 aromatic heterocycles. The Morgan fingerprint density at radius 3 is 2.52 bits per heavy atom. The molecular weight excluding hydrogens is 256 g/mol. The standard InChI is InChI=1S/C19H18N2/c1-21-11-10-16-13-18(8-9-19(16)21)20-17-7-6-14-4-2-3-5-15(14)12-17/h2-9,12-13,20H,10-11H2,1H3. The number of hydrogen-bond donors (Lipinski definition) is 1. The lowest BCUT2D eigenvalue weighted by atomic mass is 10.1. The summed E-state index contributed by atoms with van der Waals surface area (Å²) in [6.45, 7) is 1.12. The summed E-state index contributed by atoms with van der Waals surface area (Å²) < 4.78 is 0. The molecule has 1 heterocycles. The van der Waals surface area contributed by atoms with Crippen molar-refractivity contribution in [2.75, 3.05) is 23.8 Å². The summed E-state index contributed by atoms with van der Waals surface area (Å²) in [6.07, 6.45) is 1.14. The van der Waals surface area contributed by atoms with Gasteiger partial charge in [-0.1, -0.05) is 30.3 Å². The van der Waals surface area contributed by atoms with Gasteiger partial charge in [-0.05, 0) is 53.1 Å². The second kappa shape index (κ2) is 4.81. The lowest BCUT2D eigenvalue weighted by Gasteiger charge is -2.13. The summed E-state index contributed by atoms with van der Waals surface area (Å²) in [4.78, 5) is 2.31. The second-order valence-electron chi connectivity index (χ2n) is 5.70. The molecule has 0 radical (unpaired) electrons. The quantitative estimate of drug-likeness (QED) is 0.736. The summed E-state index contributed by atoms with van der Waals surface area (Å²) in [5, 5.41) is 6.07. The van der Waals surface area contributed by atoms with E-state index in [1.54, 1.807) is 0 Å². The highest BCUT2D eigenvalue weighted by Gasteiger charge is 2.15. The molecule has 1 aliphatic rings. The van der Waals surface area contributed by atoms with E-state index in [0.29, 0.717) is 0 Å². The number of nitrogens with zero attached hydrogens (tertiary/aromatic N) is 1. The number of nitrogens with one attached hydrogen (secondary N) is 1. The van der Waals surface area contributed by atoms with Crippen molar-refractivity contribution in [3.63, 3.8) is 0 Å². The summed E-state index contributed by atoms with van der Waals surface area (Å²) >= 11 is 0. The minimum Gasteiger partial charge on any atom is -0.374 e. The summed E-state index contributed by atoms with van der Waals surface area (Å²) in [6, 6.07) is 21.6. The van der Waals surface area contributed by atoms with Crippen LogP contribution >= 0.6 is 0 Å². The number of likely N-dealkylation sites (N-methyl/N-ethyl adjacent to an activating group) is 1. The third-order valence-electron chi connectivity index (χ3n) is 4.25. The number of hydrogen-bond acceptors (Lipinski definition) is 2. The first-order valence-electron chi connectivity index (χ1n) is 7.39. The van der Waals surface area contributed by atoms with E-state index in [4.69, 9.17) is 0 Å². The van der Waals surface area contributed by atoms with Gasteiger partial charge in [-0.2, -0.15) is 0 Å². The highest BCUT2D eigenvalue weighted by molar-refractivity contribution is 5.86. The molecule has 0 saturated heterocycles. The number of anilines is 3. The molecule has 2 heteroatoms. The molecule has 1 N–H and O–H groups in total. The Bertz CT molecular complexity index is 808. The summed E-state index contributed by atoms with van der Waals surface area (Å²) in [7, 11) is 2.16. The largest absolute Gasteiger partial charge is 0.374 e. The highest BCUT2D eigenvalue weighted by atomic mass is 15.1. The van der Waals surface area contributed by atoms with Crippen LogP contribution in [0.5, 0.6) is 0 Å². The first-order valence-corrected chi connectivity index (χ1v) is 7.39. The van der Waals surface area contributed by atoms with Crippen molar-refractivity contribution in [3.8, 4) is 0 Å². The van der Waals surface area contributed by atoms with Gasteiger partial charge in [0.05, 0.1) is 0 Å². The molecule has 1 aliphatic heterocycles. The van der Waals surface area contributed by atoms with Crippen LogP contribution < -0.4 is 10.2 Å². The lowest BCUT2D eigenvalue weighted by molar-refractivity contribution is 0.956. The van der Waals surface area contributed by atoms with Gasteiger partial charge in [0.1, 0.15) is 0 Å². The molecule has 3 aromatic rings. The van der Waals surface area contributed by atoms with Gasteiger partial charge in [0.25, 0.3) is 0 Å². The fourth-order valence-corrected chi connectivity index (χ4v) is 3.08. The fraction of sp³-hybridized carbons (Fsp3) is 0.158. The number of fused-ring (bicyclic) bond motifs is 2. The van der Waals surface area contributed by atoms with Crippen LogP contribution in [0.25, 0.3) is 10.8 Å². The zero-order valence-corrected chi connectivity index (χ0v) is 12.1. The van der Waals surface area contributed by atoms with Gasteiger partial charge in [-0.15, -0.1) is 0 Å². The van der Waals surface area contributed by atoms with E-state index in [1.807, 2.05) is 0 Å². The molecule has 0 saturated carbocycles. The topological polar surface area (TPSA) is 15.3 Å². The molecule has 0 bridgehead atoms. The summed E-state index contributed by atoms with van der Waals surface area (Å²) in [5.41, 5.74) is 5.10. The SMILES string of the molecule is CN1CCc2cc(Nc3ccc4ccccc4c3)ccc21. The molecule has 0 atom stereocenters. The summed E-state index contributed by atoms with van der Waals surface area (Å²) in [5.74, 6) is 0. The van der Waals surface area contributed by atoms with Crippen molar-refractivity contribution >= 4 is 27.8 Å². The Labute approximate surface area is 125 Å². The Kier molecular flexibility index (Phi) is 2.81. The molecule has 2 nitrogen and oxygen atoms in total. The molecule has 104 valence electrons. The molecule has 21 heavy (non-hydrogen) atoms. The van der Waals surface area contributed by atoms with E-state index < -0.39 is 0 Å². The van der Waals surface area contributed by atoms with E-state index in [0.717, 1.165) is 18.7 Å². The van der Waals surface area contributed by atoms with Crippen molar-refractivity contribution in [2.45, 2.75) is 6.42 Å². The van der Waals surface area contributed by atoms with Crippen molar-refractivity contribution in [1.29, 1.82) is 0 Å². The van der Waals surface area contributed by atoms with Gasteiger partial charge in [0.15, 0.2) is 0 Å². The Balaban J connectivity index is 1.65. The molecule has 0 spiro atoms. The van der Waals surface area contributed by atoms with Crippen LogP contribution in [0.15, 0.2) is 60.7 Å². The predicted octanol–water partition coefficient (Wildman–Crippen LogP) is 4.58. The van der Waals surface area contributed by atoms with Crippen LogP contribution in [-0.4, -0.2) is 13.6 Å². The monoisotopic (exact) mass is 274 g/mol. The average molecular weight is 274 g/mol. The number of benzene rings is 3. The molecule has 0 amide bonds. The van der Waals surface area contributed by atoms with Crippen LogP contribution in [0.4, 0.5) is 17.1 Å². The van der Waals surface area contributed by atoms with E-state index >= 15 is 0 Å². The van der Waals surface area contributed by atoms with Crippen molar-refractivity contribution in [3.05, 3.63) is 66.2 Å². The molecule has 3 aromatic carbocycles. The maximum atomic E-state index is 3.52. The number of rotatable bonds is 2. The van der Waals surface area contributed by atoms with Crippen LogP contribution in [0.2, 0.25) is 0 Å². The highest BCUT2D eigenvalue weighted by Crippen LogP contribution is 2.30. The first kappa shape index (κ1) is 12.3. The fourth-order valence-electron chi connectivity index (χ4n) is 3.08. The molecule has 0 fully saturated rings. The second-order valence-corrected chi connectivity index (χ2v) is 5.70. The van der Waals surface area contributed by atoms with E-state index in [1.165, 1.54) is 27.7 Å². The predicted molar refractivity (Wildman–Crippen MR) is 90.6 cm³/mol. The third kappa shape index (κ3) is 2.23. The van der Waals surface area contributed by atoms with Gasteiger partial charge in [-0.25, -0.2) is 0 Å². The van der Waals surface area contributed by atoms with E-state index in [9.17, 15) is 0 Å². The molecule has 0 unspecified atom stereocenters. The first-order chi connectivity index (χ1) is 10.3. The zero-order chi connectivity index (χ0) is 14.2. The Morgan fingerprint density at radius 2 is 1.62 bits per heavy atom. The molecule has 4 rings (SSSR count).